The van der Waals surface area contributed by atoms with Crippen LogP contribution in [-0.4, -0.2) is 19.1 Å². The maximum Gasteiger partial charge on any atom is 0.229 e. The van der Waals surface area contributed by atoms with Crippen molar-refractivity contribution in [3.05, 3.63) is 28.8 Å². The van der Waals surface area contributed by atoms with Crippen LogP contribution in [0.4, 0.5) is 5.69 Å². The molecule has 1 atom stereocenters. The zero-order valence-electron chi connectivity index (χ0n) is 9.13. The second kappa shape index (κ2) is 4.85. The van der Waals surface area contributed by atoms with Gasteiger partial charge in [-0.15, -0.1) is 0 Å². The first-order valence-electron chi connectivity index (χ1n) is 5.32. The summed E-state index contributed by atoms with van der Waals surface area (Å²) in [5.41, 5.74) is 1.68. The van der Waals surface area contributed by atoms with Crippen molar-refractivity contribution < 1.29 is 9.53 Å². The van der Waals surface area contributed by atoms with Crippen LogP contribution in [0.2, 0.25) is 5.02 Å². The van der Waals surface area contributed by atoms with Gasteiger partial charge in [-0.25, -0.2) is 0 Å². The molecule has 0 aliphatic carbocycles. The molecule has 2 rings (SSSR count). The van der Waals surface area contributed by atoms with Crippen LogP contribution in [0.3, 0.4) is 0 Å². The van der Waals surface area contributed by atoms with E-state index in [2.05, 4.69) is 5.32 Å². The van der Waals surface area contributed by atoms with Gasteiger partial charge in [-0.2, -0.15) is 0 Å². The summed E-state index contributed by atoms with van der Waals surface area (Å²) in [5, 5.41) is 3.56. The summed E-state index contributed by atoms with van der Waals surface area (Å²) < 4.78 is 5.18. The number of rotatable bonds is 2. The van der Waals surface area contributed by atoms with Gasteiger partial charge in [-0.3, -0.25) is 4.79 Å². The molecule has 1 aliphatic heterocycles. The molecule has 1 saturated heterocycles. The van der Waals surface area contributed by atoms with Gasteiger partial charge in [0.15, 0.2) is 0 Å². The Morgan fingerprint density at radius 1 is 1.56 bits per heavy atom. The monoisotopic (exact) mass is 239 g/mol. The highest BCUT2D eigenvalue weighted by Crippen LogP contribution is 2.24. The van der Waals surface area contributed by atoms with Crippen molar-refractivity contribution >= 4 is 23.2 Å². The molecule has 4 heteroatoms. The van der Waals surface area contributed by atoms with Crippen molar-refractivity contribution in [2.24, 2.45) is 5.92 Å². The van der Waals surface area contributed by atoms with Gasteiger partial charge in [0.1, 0.15) is 0 Å². The fraction of sp³-hybridized carbons (Fsp3) is 0.417. The van der Waals surface area contributed by atoms with E-state index in [0.29, 0.717) is 18.2 Å². The van der Waals surface area contributed by atoms with Gasteiger partial charge in [-0.1, -0.05) is 17.7 Å². The third kappa shape index (κ3) is 2.36. The van der Waals surface area contributed by atoms with Crippen LogP contribution in [0.25, 0.3) is 0 Å². The molecule has 0 saturated carbocycles. The van der Waals surface area contributed by atoms with Crippen molar-refractivity contribution in [2.75, 3.05) is 18.5 Å². The zero-order valence-corrected chi connectivity index (χ0v) is 9.88. The Morgan fingerprint density at radius 3 is 3.06 bits per heavy atom. The fourth-order valence-corrected chi connectivity index (χ4v) is 1.89. The lowest BCUT2D eigenvalue weighted by atomic mass is 10.1. The van der Waals surface area contributed by atoms with Gasteiger partial charge in [0.05, 0.1) is 12.5 Å². The molecule has 1 amide bonds. The minimum Gasteiger partial charge on any atom is -0.381 e. The molecular formula is C12H14ClNO2. The van der Waals surface area contributed by atoms with E-state index in [4.69, 9.17) is 16.3 Å². The molecule has 0 aromatic heterocycles. The SMILES string of the molecule is Cc1c(Cl)cccc1NC(=O)C1CCOC1. The van der Waals surface area contributed by atoms with E-state index in [-0.39, 0.29) is 11.8 Å². The second-order valence-electron chi connectivity index (χ2n) is 3.96. The lowest BCUT2D eigenvalue weighted by molar-refractivity contribution is -0.119. The number of amides is 1. The molecule has 1 unspecified atom stereocenters. The summed E-state index contributed by atoms with van der Waals surface area (Å²) in [7, 11) is 0. The van der Waals surface area contributed by atoms with E-state index in [0.717, 1.165) is 17.7 Å². The Bertz CT molecular complexity index is 400. The fourth-order valence-electron chi connectivity index (χ4n) is 1.72. The molecule has 0 radical (unpaired) electrons. The van der Waals surface area contributed by atoms with E-state index >= 15 is 0 Å². The highest BCUT2D eigenvalue weighted by atomic mass is 35.5. The van der Waals surface area contributed by atoms with E-state index in [9.17, 15) is 4.79 Å². The smallest absolute Gasteiger partial charge is 0.229 e. The van der Waals surface area contributed by atoms with Gasteiger partial charge in [-0.05, 0) is 31.0 Å². The minimum atomic E-state index is -0.0293. The van der Waals surface area contributed by atoms with Crippen molar-refractivity contribution in [1.82, 2.24) is 0 Å². The largest absolute Gasteiger partial charge is 0.381 e. The third-order valence-electron chi connectivity index (χ3n) is 2.83. The Hall–Kier alpha value is -1.06. The van der Waals surface area contributed by atoms with Crippen molar-refractivity contribution in [3.63, 3.8) is 0 Å². The van der Waals surface area contributed by atoms with E-state index in [1.807, 2.05) is 25.1 Å². The summed E-state index contributed by atoms with van der Waals surface area (Å²) in [6, 6.07) is 5.50. The van der Waals surface area contributed by atoms with Crippen molar-refractivity contribution in [2.45, 2.75) is 13.3 Å². The Labute approximate surface area is 99.7 Å². The number of ether oxygens (including phenoxy) is 1. The van der Waals surface area contributed by atoms with Crippen LogP contribution >= 0.6 is 11.6 Å². The molecular weight excluding hydrogens is 226 g/mol. The summed E-state index contributed by atoms with van der Waals surface area (Å²) in [6.07, 6.45) is 0.797. The van der Waals surface area contributed by atoms with Gasteiger partial charge in [0.2, 0.25) is 5.91 Å². The minimum absolute atomic E-state index is 0.0165. The maximum absolute atomic E-state index is 11.8. The number of nitrogens with one attached hydrogen (secondary N) is 1. The molecule has 1 fully saturated rings. The number of anilines is 1. The molecule has 0 spiro atoms. The second-order valence-corrected chi connectivity index (χ2v) is 4.37. The van der Waals surface area contributed by atoms with Gasteiger partial charge < -0.3 is 10.1 Å². The molecule has 1 N–H and O–H groups in total. The van der Waals surface area contributed by atoms with Crippen molar-refractivity contribution in [1.29, 1.82) is 0 Å². The van der Waals surface area contributed by atoms with Gasteiger partial charge in [0.25, 0.3) is 0 Å². The van der Waals surface area contributed by atoms with Crippen LogP contribution in [0.15, 0.2) is 18.2 Å². The lowest BCUT2D eigenvalue weighted by Crippen LogP contribution is -2.23. The lowest BCUT2D eigenvalue weighted by Gasteiger charge is -2.12. The van der Waals surface area contributed by atoms with Gasteiger partial charge in [0, 0.05) is 17.3 Å². The number of benzene rings is 1. The first kappa shape index (κ1) is 11.4. The van der Waals surface area contributed by atoms with Crippen LogP contribution in [-0.2, 0) is 9.53 Å². The molecule has 86 valence electrons. The quantitative estimate of drug-likeness (QED) is 0.862. The molecule has 0 bridgehead atoms. The van der Waals surface area contributed by atoms with Crippen molar-refractivity contribution in [3.8, 4) is 0 Å². The number of halogens is 1. The Kier molecular flexibility index (Phi) is 3.46. The highest BCUT2D eigenvalue weighted by molar-refractivity contribution is 6.31. The predicted octanol–water partition coefficient (Wildman–Crippen LogP) is 2.62. The zero-order chi connectivity index (χ0) is 11.5. The highest BCUT2D eigenvalue weighted by Gasteiger charge is 2.23. The molecule has 1 heterocycles. The molecule has 16 heavy (non-hydrogen) atoms. The summed E-state index contributed by atoms with van der Waals surface area (Å²) >= 11 is 5.98. The molecule has 1 aromatic carbocycles. The van der Waals surface area contributed by atoms with Crippen LogP contribution in [0, 0.1) is 12.8 Å². The van der Waals surface area contributed by atoms with E-state index in [1.54, 1.807) is 0 Å². The molecule has 3 nitrogen and oxygen atoms in total. The molecule has 1 aliphatic rings. The topological polar surface area (TPSA) is 38.3 Å². The Balaban J connectivity index is 2.08. The number of carbonyl (C=O) groups is 1. The van der Waals surface area contributed by atoms with Crippen LogP contribution in [0.1, 0.15) is 12.0 Å². The molecule has 1 aromatic rings. The van der Waals surface area contributed by atoms with Gasteiger partial charge >= 0.3 is 0 Å². The summed E-state index contributed by atoms with van der Waals surface area (Å²) in [4.78, 5) is 11.8. The number of hydrogen-bond donors (Lipinski definition) is 1. The number of hydrogen-bond acceptors (Lipinski definition) is 2. The Morgan fingerprint density at radius 2 is 2.38 bits per heavy atom. The summed E-state index contributed by atoms with van der Waals surface area (Å²) in [5.74, 6) is -0.0127. The standard InChI is InChI=1S/C12H14ClNO2/c1-8-10(13)3-2-4-11(8)14-12(15)9-5-6-16-7-9/h2-4,9H,5-7H2,1H3,(H,14,15). The average Bonchev–Trinajstić information content (AvgIpc) is 2.78. The third-order valence-corrected chi connectivity index (χ3v) is 3.24. The predicted molar refractivity (Wildman–Crippen MR) is 63.7 cm³/mol. The van der Waals surface area contributed by atoms with Crippen LogP contribution in [0.5, 0.6) is 0 Å². The van der Waals surface area contributed by atoms with E-state index < -0.39 is 0 Å². The first-order chi connectivity index (χ1) is 7.68. The first-order valence-corrected chi connectivity index (χ1v) is 5.70. The van der Waals surface area contributed by atoms with Crippen LogP contribution < -0.4 is 5.32 Å². The summed E-state index contributed by atoms with van der Waals surface area (Å²) in [6.45, 7) is 3.08. The van der Waals surface area contributed by atoms with E-state index in [1.165, 1.54) is 0 Å². The maximum atomic E-state index is 11.8. The number of carbonyl (C=O) groups excluding carboxylic acids is 1. The normalized spacial score (nSPS) is 19.8. The average molecular weight is 240 g/mol.